The van der Waals surface area contributed by atoms with Gasteiger partial charge in [0.05, 0.1) is 6.07 Å². The van der Waals surface area contributed by atoms with Crippen molar-refractivity contribution in [2.24, 2.45) is 0 Å². The number of nitrogens with one attached hydrogen (secondary N) is 1. The maximum absolute atomic E-state index is 11.3. The van der Waals surface area contributed by atoms with Crippen LogP contribution in [0.3, 0.4) is 0 Å². The van der Waals surface area contributed by atoms with Crippen molar-refractivity contribution in [3.8, 4) is 6.07 Å². The number of hydrogen-bond acceptors (Lipinski definition) is 4. The van der Waals surface area contributed by atoms with Crippen molar-refractivity contribution in [1.29, 1.82) is 5.26 Å². The maximum Gasteiger partial charge on any atom is 0.243 e. The molecule has 0 spiro atoms. The van der Waals surface area contributed by atoms with Crippen LogP contribution in [-0.4, -0.2) is 26.2 Å². The number of carbonyl (C=O) groups is 1. The number of amides is 1. The van der Waals surface area contributed by atoms with Crippen LogP contribution in [0.15, 0.2) is 12.7 Å². The summed E-state index contributed by atoms with van der Waals surface area (Å²) in [6.07, 6.45) is 2.79. The number of aromatic nitrogens is 3. The average Bonchev–Trinajstić information content (AvgIpc) is 2.55. The lowest BCUT2D eigenvalue weighted by atomic mass is 10.1. The number of nitriles is 1. The van der Waals surface area contributed by atoms with Crippen LogP contribution in [0.5, 0.6) is 0 Å². The Morgan fingerprint density at radius 3 is 2.93 bits per heavy atom. The van der Waals surface area contributed by atoms with E-state index in [2.05, 4.69) is 15.4 Å². The van der Waals surface area contributed by atoms with Crippen LogP contribution in [0, 0.1) is 11.3 Å². The first-order chi connectivity index (χ1) is 6.53. The molecular weight excluding hydrogens is 182 g/mol. The van der Waals surface area contributed by atoms with Crippen LogP contribution in [0.1, 0.15) is 13.8 Å². The summed E-state index contributed by atoms with van der Waals surface area (Å²) < 4.78 is 1.39. The molecule has 1 rings (SSSR count). The van der Waals surface area contributed by atoms with Crippen molar-refractivity contribution in [3.63, 3.8) is 0 Å². The quantitative estimate of drug-likeness (QED) is 0.714. The van der Waals surface area contributed by atoms with Gasteiger partial charge in [-0.1, -0.05) is 0 Å². The zero-order valence-corrected chi connectivity index (χ0v) is 8.06. The molecule has 0 atom stereocenters. The predicted molar refractivity (Wildman–Crippen MR) is 47.9 cm³/mol. The van der Waals surface area contributed by atoms with Crippen LogP contribution in [0.4, 0.5) is 0 Å². The van der Waals surface area contributed by atoms with Gasteiger partial charge in [-0.05, 0) is 13.8 Å². The Balaban J connectivity index is 2.49. The fourth-order valence-corrected chi connectivity index (χ4v) is 0.878. The molecule has 0 unspecified atom stereocenters. The third-order valence-electron chi connectivity index (χ3n) is 1.50. The number of carbonyl (C=O) groups excluding carboxylic acids is 1. The third-order valence-corrected chi connectivity index (χ3v) is 1.50. The zero-order chi connectivity index (χ0) is 10.6. The molecule has 0 saturated heterocycles. The van der Waals surface area contributed by atoms with Gasteiger partial charge in [0.25, 0.3) is 0 Å². The number of hydrogen-bond donors (Lipinski definition) is 1. The fraction of sp³-hybridized carbons (Fsp3) is 0.500. The topological polar surface area (TPSA) is 83.6 Å². The summed E-state index contributed by atoms with van der Waals surface area (Å²) in [6, 6.07) is 1.97. The third kappa shape index (κ3) is 2.86. The molecule has 1 aromatic rings. The van der Waals surface area contributed by atoms with Gasteiger partial charge in [-0.3, -0.25) is 4.79 Å². The molecule has 6 nitrogen and oxygen atoms in total. The van der Waals surface area contributed by atoms with Crippen LogP contribution < -0.4 is 5.32 Å². The summed E-state index contributed by atoms with van der Waals surface area (Å²) in [5, 5.41) is 15.0. The van der Waals surface area contributed by atoms with Gasteiger partial charge < -0.3 is 5.32 Å². The largest absolute Gasteiger partial charge is 0.337 e. The molecule has 0 aliphatic carbocycles. The van der Waals surface area contributed by atoms with E-state index in [-0.39, 0.29) is 12.5 Å². The Labute approximate surface area is 81.6 Å². The molecule has 0 fully saturated rings. The molecule has 1 aromatic heterocycles. The molecule has 0 bridgehead atoms. The highest BCUT2D eigenvalue weighted by molar-refractivity contribution is 5.76. The van der Waals surface area contributed by atoms with E-state index >= 15 is 0 Å². The lowest BCUT2D eigenvalue weighted by Gasteiger charge is -2.16. The van der Waals surface area contributed by atoms with Crippen molar-refractivity contribution in [2.75, 3.05) is 0 Å². The van der Waals surface area contributed by atoms with Crippen molar-refractivity contribution in [1.82, 2.24) is 20.1 Å². The van der Waals surface area contributed by atoms with Crippen molar-refractivity contribution in [2.45, 2.75) is 25.9 Å². The first-order valence-corrected chi connectivity index (χ1v) is 4.08. The van der Waals surface area contributed by atoms with Crippen molar-refractivity contribution < 1.29 is 4.79 Å². The Kier molecular flexibility index (Phi) is 2.82. The second-order valence-corrected chi connectivity index (χ2v) is 3.38. The molecule has 0 radical (unpaired) electrons. The second kappa shape index (κ2) is 3.87. The first-order valence-electron chi connectivity index (χ1n) is 4.08. The molecular formula is C8H11N5O. The summed E-state index contributed by atoms with van der Waals surface area (Å²) in [7, 11) is 0. The Morgan fingerprint density at radius 2 is 2.43 bits per heavy atom. The van der Waals surface area contributed by atoms with E-state index in [0.717, 1.165) is 0 Å². The van der Waals surface area contributed by atoms with Crippen LogP contribution in [-0.2, 0) is 11.3 Å². The molecule has 74 valence electrons. The SMILES string of the molecule is CC(C)(C#N)NC(=O)Cn1cncn1. The van der Waals surface area contributed by atoms with E-state index < -0.39 is 5.54 Å². The van der Waals surface area contributed by atoms with Gasteiger partial charge in [0.15, 0.2) is 0 Å². The Morgan fingerprint density at radius 1 is 1.71 bits per heavy atom. The minimum atomic E-state index is -0.850. The highest BCUT2D eigenvalue weighted by Crippen LogP contribution is 1.98. The maximum atomic E-state index is 11.3. The monoisotopic (exact) mass is 193 g/mol. The average molecular weight is 193 g/mol. The van der Waals surface area contributed by atoms with E-state index in [4.69, 9.17) is 5.26 Å². The summed E-state index contributed by atoms with van der Waals surface area (Å²) in [4.78, 5) is 15.0. The van der Waals surface area contributed by atoms with Gasteiger partial charge in [0, 0.05) is 0 Å². The van der Waals surface area contributed by atoms with Crippen LogP contribution in [0.25, 0.3) is 0 Å². The van der Waals surface area contributed by atoms with Crippen molar-refractivity contribution in [3.05, 3.63) is 12.7 Å². The van der Waals surface area contributed by atoms with E-state index in [1.807, 2.05) is 6.07 Å². The first kappa shape index (κ1) is 10.2. The molecule has 1 N–H and O–H groups in total. The van der Waals surface area contributed by atoms with Crippen LogP contribution in [0.2, 0.25) is 0 Å². The molecule has 0 aliphatic rings. The highest BCUT2D eigenvalue weighted by atomic mass is 16.2. The van der Waals surface area contributed by atoms with E-state index in [1.54, 1.807) is 13.8 Å². The smallest absolute Gasteiger partial charge is 0.243 e. The van der Waals surface area contributed by atoms with E-state index in [1.165, 1.54) is 17.3 Å². The van der Waals surface area contributed by atoms with Gasteiger partial charge in [0.2, 0.25) is 5.91 Å². The minimum absolute atomic E-state index is 0.0745. The fourth-order valence-electron chi connectivity index (χ4n) is 0.878. The molecule has 0 aliphatic heterocycles. The summed E-state index contributed by atoms with van der Waals surface area (Å²) >= 11 is 0. The molecule has 6 heteroatoms. The minimum Gasteiger partial charge on any atom is -0.337 e. The second-order valence-electron chi connectivity index (χ2n) is 3.38. The summed E-state index contributed by atoms with van der Waals surface area (Å²) in [5.41, 5.74) is -0.850. The van der Waals surface area contributed by atoms with Crippen molar-refractivity contribution >= 4 is 5.91 Å². The lowest BCUT2D eigenvalue weighted by Crippen LogP contribution is -2.43. The summed E-state index contributed by atoms with van der Waals surface area (Å²) in [5.74, 6) is -0.262. The molecule has 1 heterocycles. The van der Waals surface area contributed by atoms with Gasteiger partial charge in [0.1, 0.15) is 24.7 Å². The number of rotatable bonds is 3. The van der Waals surface area contributed by atoms with Gasteiger partial charge in [-0.25, -0.2) is 9.67 Å². The lowest BCUT2D eigenvalue weighted by molar-refractivity contribution is -0.122. The standard InChI is InChI=1S/C8H11N5O/c1-8(2,4-9)12-7(14)3-13-6-10-5-11-13/h5-6H,3H2,1-2H3,(H,12,14). The van der Waals surface area contributed by atoms with Gasteiger partial charge in [-0.2, -0.15) is 10.4 Å². The predicted octanol–water partition coefficient (Wildman–Crippen LogP) is -0.304. The van der Waals surface area contributed by atoms with Gasteiger partial charge in [-0.15, -0.1) is 0 Å². The Hall–Kier alpha value is -1.90. The normalized spacial score (nSPS) is 10.6. The van der Waals surface area contributed by atoms with Gasteiger partial charge >= 0.3 is 0 Å². The zero-order valence-electron chi connectivity index (χ0n) is 8.06. The molecule has 14 heavy (non-hydrogen) atoms. The number of nitrogens with zero attached hydrogens (tertiary/aromatic N) is 4. The van der Waals surface area contributed by atoms with E-state index in [0.29, 0.717) is 0 Å². The Bertz CT molecular complexity index is 348. The highest BCUT2D eigenvalue weighted by Gasteiger charge is 2.19. The van der Waals surface area contributed by atoms with E-state index in [9.17, 15) is 4.79 Å². The summed E-state index contributed by atoms with van der Waals surface area (Å²) in [6.45, 7) is 3.34. The molecule has 1 amide bonds. The molecule has 0 aromatic carbocycles. The molecule has 0 saturated carbocycles. The van der Waals surface area contributed by atoms with Crippen LogP contribution >= 0.6 is 0 Å².